The third-order valence-corrected chi connectivity index (χ3v) is 7.60. The number of amides is 2. The largest absolute Gasteiger partial charge is 0.346 e. The average molecular weight is 429 g/mol. The van der Waals surface area contributed by atoms with Crippen LogP contribution in [0, 0.1) is 5.92 Å². The van der Waals surface area contributed by atoms with E-state index < -0.39 is 0 Å². The van der Waals surface area contributed by atoms with E-state index in [0.29, 0.717) is 18.9 Å². The Bertz CT molecular complexity index is 1190. The average Bonchev–Trinajstić information content (AvgIpc) is 3.56. The van der Waals surface area contributed by atoms with Gasteiger partial charge in [-0.2, -0.15) is 0 Å². The molecule has 2 amide bonds. The third kappa shape index (κ3) is 3.29. The van der Waals surface area contributed by atoms with Crippen LogP contribution in [-0.4, -0.2) is 46.3 Å². The molecule has 32 heavy (non-hydrogen) atoms. The molecule has 6 heteroatoms. The number of nitrogens with one attached hydrogen (secondary N) is 1. The number of piperidine rings is 1. The fraction of sp³-hybridized carbons (Fsp3) is 0.423. The van der Waals surface area contributed by atoms with Gasteiger partial charge in [-0.3, -0.25) is 9.59 Å². The number of carbonyl (C=O) groups is 2. The number of benzene rings is 1. The normalized spacial score (nSPS) is 21.5. The highest BCUT2D eigenvalue weighted by molar-refractivity contribution is 6.00. The number of aromatic nitrogens is 2. The first-order chi connectivity index (χ1) is 15.7. The number of nitrogens with zero attached hydrogens (tertiary/aromatic N) is 3. The molecule has 3 aromatic rings. The minimum atomic E-state index is -0.232. The van der Waals surface area contributed by atoms with Gasteiger partial charge in [-0.25, -0.2) is 4.98 Å². The maximum atomic E-state index is 13.2. The van der Waals surface area contributed by atoms with Gasteiger partial charge in [0.15, 0.2) is 0 Å². The van der Waals surface area contributed by atoms with Gasteiger partial charge in [-0.1, -0.05) is 6.07 Å². The lowest BCUT2D eigenvalue weighted by molar-refractivity contribution is -0.136. The third-order valence-electron chi connectivity index (χ3n) is 7.60. The molecule has 6 rings (SSSR count). The number of hydrogen-bond acceptors (Lipinski definition) is 3. The van der Waals surface area contributed by atoms with Crippen molar-refractivity contribution in [3.63, 3.8) is 0 Å². The van der Waals surface area contributed by atoms with Gasteiger partial charge in [-0.15, -0.1) is 0 Å². The van der Waals surface area contributed by atoms with Gasteiger partial charge in [0.2, 0.25) is 11.8 Å². The van der Waals surface area contributed by atoms with Gasteiger partial charge >= 0.3 is 0 Å². The summed E-state index contributed by atoms with van der Waals surface area (Å²) in [6, 6.07) is 10.5. The zero-order valence-corrected chi connectivity index (χ0v) is 18.2. The molecule has 2 fully saturated rings. The van der Waals surface area contributed by atoms with Gasteiger partial charge in [-0.05, 0) is 79.0 Å². The predicted octanol–water partition coefficient (Wildman–Crippen LogP) is 3.81. The molecule has 2 aliphatic heterocycles. The van der Waals surface area contributed by atoms with Gasteiger partial charge in [0.1, 0.15) is 5.65 Å². The first-order valence-corrected chi connectivity index (χ1v) is 11.8. The standard InChI is InChI=1S/C26H28N4O2/c31-24-14-20(16-30(24)21-7-6-17-3-1-4-19(17)13-21)26(32)29-11-8-18(9-12-29)23-15-28-25-22(23)5-2-10-27-25/h2,5-7,10,13,15,18,20H,1,3-4,8-9,11-12,14,16H2,(H,27,28). The van der Waals surface area contributed by atoms with Crippen molar-refractivity contribution in [2.24, 2.45) is 5.92 Å². The number of carbonyl (C=O) groups excluding carboxylic acids is 2. The van der Waals surface area contributed by atoms with E-state index in [2.05, 4.69) is 40.4 Å². The molecule has 4 heterocycles. The maximum absolute atomic E-state index is 13.2. The van der Waals surface area contributed by atoms with Crippen molar-refractivity contribution in [2.45, 2.75) is 44.4 Å². The first-order valence-electron chi connectivity index (χ1n) is 11.8. The molecule has 2 aromatic heterocycles. The smallest absolute Gasteiger partial charge is 0.228 e. The number of H-pyrrole nitrogens is 1. The number of hydrogen-bond donors (Lipinski definition) is 1. The molecule has 1 N–H and O–H groups in total. The molecule has 2 saturated heterocycles. The van der Waals surface area contributed by atoms with Gasteiger partial charge < -0.3 is 14.8 Å². The van der Waals surface area contributed by atoms with Crippen LogP contribution >= 0.6 is 0 Å². The van der Waals surface area contributed by atoms with E-state index in [9.17, 15) is 9.59 Å². The summed E-state index contributed by atoms with van der Waals surface area (Å²) in [7, 11) is 0. The van der Waals surface area contributed by atoms with Crippen molar-refractivity contribution < 1.29 is 9.59 Å². The Morgan fingerprint density at radius 1 is 1.09 bits per heavy atom. The van der Waals surface area contributed by atoms with E-state index in [1.165, 1.54) is 28.5 Å². The second-order valence-corrected chi connectivity index (χ2v) is 9.46. The minimum absolute atomic E-state index is 0.0717. The van der Waals surface area contributed by atoms with Crippen molar-refractivity contribution in [1.29, 1.82) is 0 Å². The Labute approximate surface area is 187 Å². The van der Waals surface area contributed by atoms with Crippen LogP contribution in [0.3, 0.4) is 0 Å². The van der Waals surface area contributed by atoms with E-state index in [4.69, 9.17) is 0 Å². The number of aromatic amines is 1. The summed E-state index contributed by atoms with van der Waals surface area (Å²) in [5.41, 5.74) is 5.95. The lowest BCUT2D eigenvalue weighted by Gasteiger charge is -2.33. The number of aryl methyl sites for hydroxylation is 2. The molecule has 0 saturated carbocycles. The maximum Gasteiger partial charge on any atom is 0.228 e. The van der Waals surface area contributed by atoms with E-state index in [1.54, 1.807) is 6.20 Å². The van der Waals surface area contributed by atoms with Crippen molar-refractivity contribution in [3.05, 3.63) is 59.4 Å². The monoisotopic (exact) mass is 428 g/mol. The molecule has 1 aromatic carbocycles. The van der Waals surface area contributed by atoms with Crippen molar-refractivity contribution >= 4 is 28.5 Å². The second kappa shape index (κ2) is 7.76. The number of pyridine rings is 1. The van der Waals surface area contributed by atoms with Crippen LogP contribution in [0.1, 0.15) is 48.3 Å². The molecule has 1 atom stereocenters. The Morgan fingerprint density at radius 2 is 1.94 bits per heavy atom. The van der Waals surface area contributed by atoms with Crippen LogP contribution in [0.25, 0.3) is 11.0 Å². The molecule has 6 nitrogen and oxygen atoms in total. The molecule has 0 radical (unpaired) electrons. The van der Waals surface area contributed by atoms with E-state index in [0.717, 1.165) is 50.1 Å². The fourth-order valence-corrected chi connectivity index (χ4v) is 5.83. The van der Waals surface area contributed by atoms with Crippen molar-refractivity contribution in [3.8, 4) is 0 Å². The summed E-state index contributed by atoms with van der Waals surface area (Å²) < 4.78 is 0. The highest BCUT2D eigenvalue weighted by Crippen LogP contribution is 2.35. The molecule has 1 unspecified atom stereocenters. The molecule has 0 bridgehead atoms. The van der Waals surface area contributed by atoms with Crippen molar-refractivity contribution in [2.75, 3.05) is 24.5 Å². The van der Waals surface area contributed by atoms with E-state index in [1.807, 2.05) is 15.9 Å². The van der Waals surface area contributed by atoms with Gasteiger partial charge in [0, 0.05) is 49.5 Å². The summed E-state index contributed by atoms with van der Waals surface area (Å²) in [6.45, 7) is 2.00. The van der Waals surface area contributed by atoms with Crippen LogP contribution in [0.2, 0.25) is 0 Å². The summed E-state index contributed by atoms with van der Waals surface area (Å²) in [4.78, 5) is 37.5. The number of fused-ring (bicyclic) bond motifs is 2. The Hall–Kier alpha value is -3.15. The van der Waals surface area contributed by atoms with Crippen LogP contribution < -0.4 is 4.90 Å². The number of anilines is 1. The number of rotatable bonds is 3. The Kier molecular flexibility index (Phi) is 4.74. The molecule has 1 aliphatic carbocycles. The highest BCUT2D eigenvalue weighted by atomic mass is 16.2. The van der Waals surface area contributed by atoms with Crippen LogP contribution in [0.4, 0.5) is 5.69 Å². The second-order valence-electron chi connectivity index (χ2n) is 9.46. The minimum Gasteiger partial charge on any atom is -0.346 e. The first kappa shape index (κ1) is 19.5. The number of likely N-dealkylation sites (tertiary alicyclic amines) is 1. The molecule has 3 aliphatic rings. The van der Waals surface area contributed by atoms with Gasteiger partial charge in [0.05, 0.1) is 5.92 Å². The lowest BCUT2D eigenvalue weighted by Crippen LogP contribution is -2.42. The molecule has 164 valence electrons. The topological polar surface area (TPSA) is 69.3 Å². The highest BCUT2D eigenvalue weighted by Gasteiger charge is 2.38. The van der Waals surface area contributed by atoms with Crippen LogP contribution in [0.15, 0.2) is 42.7 Å². The molecular formula is C26H28N4O2. The quantitative estimate of drug-likeness (QED) is 0.690. The Balaban J connectivity index is 1.11. The fourth-order valence-electron chi connectivity index (χ4n) is 5.83. The van der Waals surface area contributed by atoms with Crippen LogP contribution in [-0.2, 0) is 22.4 Å². The summed E-state index contributed by atoms with van der Waals surface area (Å²) in [6.07, 6.45) is 9.52. The zero-order chi connectivity index (χ0) is 21.7. The van der Waals surface area contributed by atoms with Crippen LogP contribution in [0.5, 0.6) is 0 Å². The molecule has 0 spiro atoms. The lowest BCUT2D eigenvalue weighted by atomic mass is 9.89. The van der Waals surface area contributed by atoms with E-state index >= 15 is 0 Å². The summed E-state index contributed by atoms with van der Waals surface area (Å²) in [5, 5.41) is 1.18. The summed E-state index contributed by atoms with van der Waals surface area (Å²) >= 11 is 0. The summed E-state index contributed by atoms with van der Waals surface area (Å²) in [5.74, 6) is 0.415. The SMILES string of the molecule is O=C(C1CC(=O)N(c2ccc3c(c2)CCC3)C1)N1CCC(c2c[nH]c3ncccc23)CC1. The van der Waals surface area contributed by atoms with Gasteiger partial charge in [0.25, 0.3) is 0 Å². The predicted molar refractivity (Wildman–Crippen MR) is 124 cm³/mol. The molecular weight excluding hydrogens is 400 g/mol. The van der Waals surface area contributed by atoms with Crippen molar-refractivity contribution in [1.82, 2.24) is 14.9 Å². The van der Waals surface area contributed by atoms with E-state index in [-0.39, 0.29) is 17.7 Å². The Morgan fingerprint density at radius 3 is 2.81 bits per heavy atom. The zero-order valence-electron chi connectivity index (χ0n) is 18.2.